The summed E-state index contributed by atoms with van der Waals surface area (Å²) in [6, 6.07) is 7.87. The molecule has 118 valence electrons. The number of hydrogen-bond acceptors (Lipinski definition) is 7. The van der Waals surface area contributed by atoms with Gasteiger partial charge in [0.1, 0.15) is 17.4 Å². The second kappa shape index (κ2) is 6.53. The first kappa shape index (κ1) is 15.1. The van der Waals surface area contributed by atoms with Gasteiger partial charge in [-0.15, -0.1) is 0 Å². The number of anilines is 3. The first-order chi connectivity index (χ1) is 11.2. The summed E-state index contributed by atoms with van der Waals surface area (Å²) in [5.74, 6) is 1.05. The van der Waals surface area contributed by atoms with Gasteiger partial charge in [-0.05, 0) is 31.5 Å². The van der Waals surface area contributed by atoms with E-state index in [0.717, 1.165) is 11.3 Å². The second-order valence-corrected chi connectivity index (χ2v) is 5.37. The minimum atomic E-state index is -0.134. The van der Waals surface area contributed by atoms with Crippen LogP contribution < -0.4 is 10.6 Å². The fraction of sp³-hybridized carbons (Fsp3) is 0.250. The standard InChI is InChI=1S/C16H18N6O/c1-10-4-3-5-12(6-10)21-15-14-13(18-9-19-15)7-17-16(22-14)20-11(2)8-23/h3-7,9,11,23H,8H2,1-2H3,(H,17,20,22)(H,18,19,21). The van der Waals surface area contributed by atoms with Crippen molar-refractivity contribution in [1.82, 2.24) is 19.9 Å². The molecular formula is C16H18N6O. The second-order valence-electron chi connectivity index (χ2n) is 5.37. The molecule has 0 amide bonds. The number of aliphatic hydroxyl groups excluding tert-OH is 1. The Hall–Kier alpha value is -2.80. The lowest BCUT2D eigenvalue weighted by Crippen LogP contribution is -2.20. The quantitative estimate of drug-likeness (QED) is 0.665. The van der Waals surface area contributed by atoms with Crippen LogP contribution >= 0.6 is 0 Å². The molecular weight excluding hydrogens is 292 g/mol. The zero-order chi connectivity index (χ0) is 16.2. The third-order valence-corrected chi connectivity index (χ3v) is 3.31. The third-order valence-electron chi connectivity index (χ3n) is 3.31. The smallest absolute Gasteiger partial charge is 0.223 e. The van der Waals surface area contributed by atoms with Crippen molar-refractivity contribution < 1.29 is 5.11 Å². The van der Waals surface area contributed by atoms with E-state index in [4.69, 9.17) is 5.11 Å². The van der Waals surface area contributed by atoms with Gasteiger partial charge in [-0.3, -0.25) is 0 Å². The molecule has 0 aliphatic carbocycles. The lowest BCUT2D eigenvalue weighted by atomic mass is 10.2. The number of nitrogens with one attached hydrogen (secondary N) is 2. The SMILES string of the molecule is Cc1cccc(Nc2ncnc3cnc(NC(C)CO)nc23)c1. The molecule has 0 radical (unpaired) electrons. The normalized spacial score (nSPS) is 12.1. The molecule has 7 nitrogen and oxygen atoms in total. The Morgan fingerprint density at radius 3 is 2.87 bits per heavy atom. The van der Waals surface area contributed by atoms with Crippen LogP contribution in [-0.2, 0) is 0 Å². The van der Waals surface area contributed by atoms with E-state index in [1.54, 1.807) is 6.20 Å². The highest BCUT2D eigenvalue weighted by Crippen LogP contribution is 2.22. The minimum Gasteiger partial charge on any atom is -0.394 e. The fourth-order valence-corrected chi connectivity index (χ4v) is 2.14. The highest BCUT2D eigenvalue weighted by atomic mass is 16.3. The minimum absolute atomic E-state index is 0.00108. The van der Waals surface area contributed by atoms with Crippen LogP contribution in [0.5, 0.6) is 0 Å². The van der Waals surface area contributed by atoms with Crippen LogP contribution in [-0.4, -0.2) is 37.7 Å². The van der Waals surface area contributed by atoms with Gasteiger partial charge in [-0.25, -0.2) is 19.9 Å². The maximum absolute atomic E-state index is 9.13. The molecule has 0 aliphatic heterocycles. The van der Waals surface area contributed by atoms with E-state index in [-0.39, 0.29) is 12.6 Å². The van der Waals surface area contributed by atoms with Gasteiger partial charge in [-0.1, -0.05) is 12.1 Å². The predicted molar refractivity (Wildman–Crippen MR) is 89.8 cm³/mol. The van der Waals surface area contributed by atoms with E-state index < -0.39 is 0 Å². The Kier molecular flexibility index (Phi) is 4.29. The van der Waals surface area contributed by atoms with E-state index in [2.05, 4.69) is 30.6 Å². The largest absolute Gasteiger partial charge is 0.394 e. The monoisotopic (exact) mass is 310 g/mol. The van der Waals surface area contributed by atoms with E-state index in [1.165, 1.54) is 6.33 Å². The average Bonchev–Trinajstić information content (AvgIpc) is 2.55. The van der Waals surface area contributed by atoms with E-state index in [1.807, 2.05) is 38.1 Å². The molecule has 1 unspecified atom stereocenters. The van der Waals surface area contributed by atoms with E-state index in [9.17, 15) is 0 Å². The van der Waals surface area contributed by atoms with Crippen LogP contribution in [0, 0.1) is 6.92 Å². The maximum atomic E-state index is 9.13. The average molecular weight is 310 g/mol. The zero-order valence-electron chi connectivity index (χ0n) is 13.0. The summed E-state index contributed by atoms with van der Waals surface area (Å²) in [5, 5.41) is 15.4. The molecule has 0 saturated heterocycles. The first-order valence-electron chi connectivity index (χ1n) is 7.34. The van der Waals surface area contributed by atoms with Crippen molar-refractivity contribution in [2.24, 2.45) is 0 Å². The number of rotatable bonds is 5. The Morgan fingerprint density at radius 1 is 1.22 bits per heavy atom. The van der Waals surface area contributed by atoms with Crippen LogP contribution in [0.2, 0.25) is 0 Å². The summed E-state index contributed by atoms with van der Waals surface area (Å²) < 4.78 is 0. The summed E-state index contributed by atoms with van der Waals surface area (Å²) in [4.78, 5) is 17.1. The van der Waals surface area contributed by atoms with Gasteiger partial charge >= 0.3 is 0 Å². The Morgan fingerprint density at radius 2 is 2.09 bits per heavy atom. The van der Waals surface area contributed by atoms with Crippen molar-refractivity contribution in [1.29, 1.82) is 0 Å². The van der Waals surface area contributed by atoms with Gasteiger partial charge in [0, 0.05) is 11.7 Å². The van der Waals surface area contributed by atoms with Crippen molar-refractivity contribution in [2.45, 2.75) is 19.9 Å². The predicted octanol–water partition coefficient (Wildman–Crippen LogP) is 2.26. The molecule has 0 saturated carbocycles. The number of hydrogen-bond donors (Lipinski definition) is 3. The summed E-state index contributed by atoms with van der Waals surface area (Å²) in [5.41, 5.74) is 3.36. The molecule has 3 N–H and O–H groups in total. The lowest BCUT2D eigenvalue weighted by Gasteiger charge is -2.12. The Labute approximate surface area is 133 Å². The van der Waals surface area contributed by atoms with Gasteiger partial charge in [-0.2, -0.15) is 0 Å². The highest BCUT2D eigenvalue weighted by molar-refractivity contribution is 5.87. The van der Waals surface area contributed by atoms with Crippen molar-refractivity contribution in [3.05, 3.63) is 42.4 Å². The topological polar surface area (TPSA) is 95.9 Å². The van der Waals surface area contributed by atoms with Crippen molar-refractivity contribution >= 4 is 28.5 Å². The van der Waals surface area contributed by atoms with Crippen molar-refractivity contribution in [3.8, 4) is 0 Å². The lowest BCUT2D eigenvalue weighted by molar-refractivity contribution is 0.281. The van der Waals surface area contributed by atoms with E-state index in [0.29, 0.717) is 22.8 Å². The number of fused-ring (bicyclic) bond motifs is 1. The first-order valence-corrected chi connectivity index (χ1v) is 7.34. The molecule has 1 atom stereocenters. The summed E-state index contributed by atoms with van der Waals surface area (Å²) in [7, 11) is 0. The van der Waals surface area contributed by atoms with Gasteiger partial charge in [0.05, 0.1) is 12.8 Å². The molecule has 0 spiro atoms. The van der Waals surface area contributed by atoms with Crippen LogP contribution in [0.3, 0.4) is 0 Å². The number of nitrogens with zero attached hydrogens (tertiary/aromatic N) is 4. The van der Waals surface area contributed by atoms with Crippen LogP contribution in [0.15, 0.2) is 36.8 Å². The van der Waals surface area contributed by atoms with Gasteiger partial charge < -0.3 is 15.7 Å². The molecule has 3 rings (SSSR count). The Bertz CT molecular complexity index is 823. The molecule has 0 bridgehead atoms. The van der Waals surface area contributed by atoms with Crippen molar-refractivity contribution in [3.63, 3.8) is 0 Å². The number of aryl methyl sites for hydroxylation is 1. The third kappa shape index (κ3) is 3.51. The van der Waals surface area contributed by atoms with Crippen LogP contribution in [0.1, 0.15) is 12.5 Å². The number of aromatic nitrogens is 4. The van der Waals surface area contributed by atoms with Crippen LogP contribution in [0.4, 0.5) is 17.5 Å². The zero-order valence-corrected chi connectivity index (χ0v) is 13.0. The molecule has 3 aromatic rings. The van der Waals surface area contributed by atoms with Gasteiger partial charge in [0.15, 0.2) is 5.82 Å². The van der Waals surface area contributed by atoms with E-state index >= 15 is 0 Å². The summed E-state index contributed by atoms with van der Waals surface area (Å²) in [6.45, 7) is 3.88. The van der Waals surface area contributed by atoms with Crippen molar-refractivity contribution in [2.75, 3.05) is 17.2 Å². The number of aliphatic hydroxyl groups is 1. The molecule has 23 heavy (non-hydrogen) atoms. The molecule has 0 aliphatic rings. The molecule has 0 fully saturated rings. The van der Waals surface area contributed by atoms with Gasteiger partial charge in [0.2, 0.25) is 5.95 Å². The Balaban J connectivity index is 1.97. The van der Waals surface area contributed by atoms with Gasteiger partial charge in [0.25, 0.3) is 0 Å². The maximum Gasteiger partial charge on any atom is 0.223 e. The number of benzene rings is 1. The fourth-order valence-electron chi connectivity index (χ4n) is 2.14. The molecule has 2 aromatic heterocycles. The van der Waals surface area contributed by atoms with Crippen LogP contribution in [0.25, 0.3) is 11.0 Å². The molecule has 2 heterocycles. The summed E-state index contributed by atoms with van der Waals surface area (Å²) in [6.07, 6.45) is 3.12. The summed E-state index contributed by atoms with van der Waals surface area (Å²) >= 11 is 0. The molecule has 7 heteroatoms. The molecule has 1 aromatic carbocycles. The highest BCUT2D eigenvalue weighted by Gasteiger charge is 2.09.